The minimum Gasteiger partial charge on any atom is -0.341 e. The molecule has 0 spiro atoms. The SMILES string of the molecule is NCC(=O)N1CCC[C@H](CCc2ccc(F)cc2)C1. The molecule has 1 saturated heterocycles. The number of aryl methyl sites for hydroxylation is 1. The van der Waals surface area contributed by atoms with E-state index in [1.165, 1.54) is 12.1 Å². The summed E-state index contributed by atoms with van der Waals surface area (Å²) in [6.07, 6.45) is 4.20. The highest BCUT2D eigenvalue weighted by Gasteiger charge is 2.22. The number of carbonyl (C=O) groups excluding carboxylic acids is 1. The summed E-state index contributed by atoms with van der Waals surface area (Å²) in [5, 5.41) is 0. The molecule has 4 heteroatoms. The second-order valence-electron chi connectivity index (χ2n) is 5.22. The lowest BCUT2D eigenvalue weighted by Gasteiger charge is -2.32. The monoisotopic (exact) mass is 264 g/mol. The molecule has 104 valence electrons. The molecule has 19 heavy (non-hydrogen) atoms. The Balaban J connectivity index is 1.82. The van der Waals surface area contributed by atoms with Crippen molar-refractivity contribution in [2.24, 2.45) is 11.7 Å². The van der Waals surface area contributed by atoms with Crippen molar-refractivity contribution in [2.45, 2.75) is 25.7 Å². The Hall–Kier alpha value is -1.42. The Kier molecular flexibility index (Phi) is 4.91. The number of hydrogen-bond donors (Lipinski definition) is 1. The van der Waals surface area contributed by atoms with Crippen molar-refractivity contribution < 1.29 is 9.18 Å². The predicted octanol–water partition coefficient (Wildman–Crippen LogP) is 1.96. The molecule has 0 unspecified atom stereocenters. The first kappa shape index (κ1) is 14.0. The molecule has 1 fully saturated rings. The summed E-state index contributed by atoms with van der Waals surface area (Å²) in [6, 6.07) is 6.67. The standard InChI is InChI=1S/C15H21FN2O/c16-14-7-5-12(6-8-14)3-4-13-2-1-9-18(11-13)15(19)10-17/h5-8,13H,1-4,9-11,17H2/t13-/m1/s1. The van der Waals surface area contributed by atoms with Gasteiger partial charge in [-0.2, -0.15) is 0 Å². The summed E-state index contributed by atoms with van der Waals surface area (Å²) in [4.78, 5) is 13.5. The third-order valence-electron chi connectivity index (χ3n) is 3.80. The Morgan fingerprint density at radius 2 is 2.11 bits per heavy atom. The van der Waals surface area contributed by atoms with Gasteiger partial charge in [0.2, 0.25) is 5.91 Å². The van der Waals surface area contributed by atoms with Crippen molar-refractivity contribution in [3.63, 3.8) is 0 Å². The van der Waals surface area contributed by atoms with Gasteiger partial charge in [0, 0.05) is 13.1 Å². The summed E-state index contributed by atoms with van der Waals surface area (Å²) in [5.74, 6) is 0.391. The molecule has 1 aliphatic rings. The van der Waals surface area contributed by atoms with Crippen LogP contribution in [0.1, 0.15) is 24.8 Å². The number of carbonyl (C=O) groups is 1. The van der Waals surface area contributed by atoms with Crippen LogP contribution >= 0.6 is 0 Å². The zero-order valence-corrected chi connectivity index (χ0v) is 11.1. The van der Waals surface area contributed by atoms with Gasteiger partial charge in [0.1, 0.15) is 5.82 Å². The number of halogens is 1. The van der Waals surface area contributed by atoms with E-state index in [2.05, 4.69) is 0 Å². The molecule has 1 atom stereocenters. The van der Waals surface area contributed by atoms with E-state index in [9.17, 15) is 9.18 Å². The smallest absolute Gasteiger partial charge is 0.236 e. The molecule has 0 aromatic heterocycles. The van der Waals surface area contributed by atoms with Gasteiger partial charge in [0.25, 0.3) is 0 Å². The van der Waals surface area contributed by atoms with Crippen LogP contribution in [-0.2, 0) is 11.2 Å². The maximum Gasteiger partial charge on any atom is 0.236 e. The molecule has 0 radical (unpaired) electrons. The Bertz CT molecular complexity index is 419. The van der Waals surface area contributed by atoms with Crippen LogP contribution in [0.5, 0.6) is 0 Å². The molecular formula is C15H21FN2O. The molecular weight excluding hydrogens is 243 g/mol. The van der Waals surface area contributed by atoms with Crippen molar-refractivity contribution in [2.75, 3.05) is 19.6 Å². The maximum atomic E-state index is 12.8. The number of amides is 1. The third kappa shape index (κ3) is 4.03. The van der Waals surface area contributed by atoms with E-state index in [1.54, 1.807) is 0 Å². The number of benzene rings is 1. The minimum absolute atomic E-state index is 0.0477. The van der Waals surface area contributed by atoms with E-state index < -0.39 is 0 Å². The summed E-state index contributed by atoms with van der Waals surface area (Å²) in [7, 11) is 0. The fourth-order valence-corrected chi connectivity index (χ4v) is 2.68. The number of hydrogen-bond acceptors (Lipinski definition) is 2. The highest BCUT2D eigenvalue weighted by molar-refractivity contribution is 5.78. The zero-order chi connectivity index (χ0) is 13.7. The molecule has 2 N–H and O–H groups in total. The lowest BCUT2D eigenvalue weighted by atomic mass is 9.91. The topological polar surface area (TPSA) is 46.3 Å². The summed E-state index contributed by atoms with van der Waals surface area (Å²) >= 11 is 0. The van der Waals surface area contributed by atoms with Crippen LogP contribution < -0.4 is 5.73 Å². The summed E-state index contributed by atoms with van der Waals surface area (Å²) in [5.41, 5.74) is 6.56. The first-order valence-corrected chi connectivity index (χ1v) is 6.91. The first-order valence-electron chi connectivity index (χ1n) is 6.91. The van der Waals surface area contributed by atoms with E-state index >= 15 is 0 Å². The second-order valence-corrected chi connectivity index (χ2v) is 5.22. The molecule has 1 aromatic carbocycles. The highest BCUT2D eigenvalue weighted by Crippen LogP contribution is 2.21. The molecule has 3 nitrogen and oxygen atoms in total. The Morgan fingerprint density at radius 3 is 2.79 bits per heavy atom. The van der Waals surface area contributed by atoms with Gasteiger partial charge >= 0.3 is 0 Å². The number of likely N-dealkylation sites (tertiary alicyclic amines) is 1. The van der Waals surface area contributed by atoms with Gasteiger partial charge in [0.15, 0.2) is 0 Å². The largest absolute Gasteiger partial charge is 0.341 e. The van der Waals surface area contributed by atoms with Gasteiger partial charge in [0.05, 0.1) is 6.54 Å². The lowest BCUT2D eigenvalue weighted by molar-refractivity contribution is -0.131. The van der Waals surface area contributed by atoms with Gasteiger partial charge in [-0.25, -0.2) is 4.39 Å². The van der Waals surface area contributed by atoms with E-state index in [1.807, 2.05) is 17.0 Å². The summed E-state index contributed by atoms with van der Waals surface area (Å²) < 4.78 is 12.8. The van der Waals surface area contributed by atoms with E-state index in [0.717, 1.165) is 44.3 Å². The average Bonchev–Trinajstić information content (AvgIpc) is 2.46. The quantitative estimate of drug-likeness (QED) is 0.903. The molecule has 0 aliphatic carbocycles. The summed E-state index contributed by atoms with van der Waals surface area (Å²) in [6.45, 7) is 1.75. The fourth-order valence-electron chi connectivity index (χ4n) is 2.68. The normalized spacial score (nSPS) is 19.5. The zero-order valence-electron chi connectivity index (χ0n) is 11.1. The van der Waals surface area contributed by atoms with Crippen molar-refractivity contribution in [1.29, 1.82) is 0 Å². The highest BCUT2D eigenvalue weighted by atomic mass is 19.1. The lowest BCUT2D eigenvalue weighted by Crippen LogP contribution is -2.42. The maximum absolute atomic E-state index is 12.8. The van der Waals surface area contributed by atoms with Crippen LogP contribution in [-0.4, -0.2) is 30.4 Å². The molecule has 0 saturated carbocycles. The van der Waals surface area contributed by atoms with Gasteiger partial charge in [-0.15, -0.1) is 0 Å². The van der Waals surface area contributed by atoms with Crippen LogP contribution in [0.2, 0.25) is 0 Å². The molecule has 2 rings (SSSR count). The van der Waals surface area contributed by atoms with E-state index in [-0.39, 0.29) is 18.3 Å². The molecule has 1 amide bonds. The molecule has 1 aliphatic heterocycles. The predicted molar refractivity (Wildman–Crippen MR) is 73.1 cm³/mol. The van der Waals surface area contributed by atoms with Crippen LogP contribution in [0.15, 0.2) is 24.3 Å². The van der Waals surface area contributed by atoms with Crippen molar-refractivity contribution >= 4 is 5.91 Å². The molecule has 0 bridgehead atoms. The molecule has 1 aromatic rings. The van der Waals surface area contributed by atoms with Crippen LogP contribution in [0, 0.1) is 11.7 Å². The number of rotatable bonds is 4. The Morgan fingerprint density at radius 1 is 1.37 bits per heavy atom. The van der Waals surface area contributed by atoms with Crippen LogP contribution in [0.4, 0.5) is 4.39 Å². The Labute approximate surface area is 113 Å². The van der Waals surface area contributed by atoms with Crippen molar-refractivity contribution in [3.8, 4) is 0 Å². The van der Waals surface area contributed by atoms with Gasteiger partial charge in [-0.1, -0.05) is 12.1 Å². The number of nitrogens with zero attached hydrogens (tertiary/aromatic N) is 1. The first-order chi connectivity index (χ1) is 9.19. The second kappa shape index (κ2) is 6.66. The van der Waals surface area contributed by atoms with Gasteiger partial charge in [-0.05, 0) is 49.3 Å². The minimum atomic E-state index is -0.193. The average molecular weight is 264 g/mol. The third-order valence-corrected chi connectivity index (χ3v) is 3.80. The van der Waals surface area contributed by atoms with Crippen LogP contribution in [0.3, 0.4) is 0 Å². The van der Waals surface area contributed by atoms with Crippen molar-refractivity contribution in [3.05, 3.63) is 35.6 Å². The number of piperidine rings is 1. The van der Waals surface area contributed by atoms with Crippen LogP contribution in [0.25, 0.3) is 0 Å². The van der Waals surface area contributed by atoms with Gasteiger partial charge < -0.3 is 10.6 Å². The van der Waals surface area contributed by atoms with E-state index in [4.69, 9.17) is 5.73 Å². The van der Waals surface area contributed by atoms with Crippen molar-refractivity contribution in [1.82, 2.24) is 4.90 Å². The number of nitrogens with two attached hydrogens (primary N) is 1. The van der Waals surface area contributed by atoms with Gasteiger partial charge in [-0.3, -0.25) is 4.79 Å². The fraction of sp³-hybridized carbons (Fsp3) is 0.533. The van der Waals surface area contributed by atoms with E-state index in [0.29, 0.717) is 5.92 Å². The molecule has 1 heterocycles.